The zero-order valence-electron chi connectivity index (χ0n) is 14.8. The molecule has 2 aromatic heterocycles. The third-order valence-corrected chi connectivity index (χ3v) is 4.36. The maximum atomic E-state index is 12.1. The zero-order valence-corrected chi connectivity index (χ0v) is 14.8. The van der Waals surface area contributed by atoms with E-state index in [1.54, 1.807) is 36.7 Å². The van der Waals surface area contributed by atoms with Crippen molar-refractivity contribution < 1.29 is 14.3 Å². The molecule has 136 valence electrons. The first-order valence-corrected chi connectivity index (χ1v) is 8.69. The van der Waals surface area contributed by atoms with E-state index < -0.39 is 5.97 Å². The van der Waals surface area contributed by atoms with Gasteiger partial charge >= 0.3 is 5.97 Å². The van der Waals surface area contributed by atoms with Crippen molar-refractivity contribution in [2.75, 3.05) is 32.1 Å². The molecule has 1 fully saturated rings. The minimum atomic E-state index is -0.464. The molecule has 0 atom stereocenters. The summed E-state index contributed by atoms with van der Waals surface area (Å²) < 4.78 is 4.78. The van der Waals surface area contributed by atoms with Crippen LogP contribution in [0.15, 0.2) is 36.7 Å². The number of nitrogens with zero attached hydrogens (tertiary/aromatic N) is 3. The molecule has 1 N–H and O–H groups in total. The summed E-state index contributed by atoms with van der Waals surface area (Å²) >= 11 is 0. The smallest absolute Gasteiger partial charge is 0.340 e. The van der Waals surface area contributed by atoms with E-state index in [0.29, 0.717) is 29.1 Å². The van der Waals surface area contributed by atoms with E-state index in [0.717, 1.165) is 19.6 Å². The summed E-state index contributed by atoms with van der Waals surface area (Å²) in [4.78, 5) is 34.8. The summed E-state index contributed by atoms with van der Waals surface area (Å²) in [7, 11) is 1.33. The molecule has 1 aliphatic rings. The van der Waals surface area contributed by atoms with E-state index in [2.05, 4.69) is 20.2 Å². The quantitative estimate of drug-likeness (QED) is 0.802. The number of likely N-dealkylation sites (tertiary alicyclic amines) is 1. The number of aromatic nitrogens is 2. The number of ether oxygens (including phenoxy) is 1. The molecule has 0 aromatic carbocycles. The van der Waals surface area contributed by atoms with Crippen LogP contribution in [-0.2, 0) is 9.53 Å². The molecule has 3 heterocycles. The largest absolute Gasteiger partial charge is 0.465 e. The Balaban J connectivity index is 1.63. The minimum Gasteiger partial charge on any atom is -0.465 e. The molecule has 7 heteroatoms. The van der Waals surface area contributed by atoms with Crippen LogP contribution >= 0.6 is 0 Å². The highest BCUT2D eigenvalue weighted by atomic mass is 16.5. The molecule has 7 nitrogen and oxygen atoms in total. The zero-order chi connectivity index (χ0) is 18.4. The number of pyridine rings is 2. The van der Waals surface area contributed by atoms with Gasteiger partial charge in [-0.2, -0.15) is 0 Å². The number of rotatable bonds is 6. The van der Waals surface area contributed by atoms with Crippen molar-refractivity contribution in [3.05, 3.63) is 42.2 Å². The van der Waals surface area contributed by atoms with E-state index in [-0.39, 0.29) is 5.91 Å². The third-order valence-electron chi connectivity index (χ3n) is 4.36. The Hall–Kier alpha value is -2.80. The lowest BCUT2D eigenvalue weighted by Crippen LogP contribution is -2.25. The maximum Gasteiger partial charge on any atom is 0.340 e. The van der Waals surface area contributed by atoms with Gasteiger partial charge in [0.1, 0.15) is 5.69 Å². The Morgan fingerprint density at radius 1 is 1.19 bits per heavy atom. The van der Waals surface area contributed by atoms with Crippen LogP contribution in [0.3, 0.4) is 0 Å². The molecule has 0 bridgehead atoms. The predicted octanol–water partition coefficient (Wildman–Crippen LogP) is 2.35. The lowest BCUT2D eigenvalue weighted by Gasteiger charge is -2.14. The van der Waals surface area contributed by atoms with Crippen molar-refractivity contribution in [1.29, 1.82) is 0 Å². The first-order chi connectivity index (χ1) is 12.7. The SMILES string of the molecule is COC(=O)c1cccnc1-c1ccc(NC(=O)CCN2CCCC2)cn1. The van der Waals surface area contributed by atoms with Gasteiger partial charge in [0.2, 0.25) is 5.91 Å². The van der Waals surface area contributed by atoms with Crippen LogP contribution in [-0.4, -0.2) is 53.5 Å². The first kappa shape index (κ1) is 18.0. The van der Waals surface area contributed by atoms with Crippen LogP contribution < -0.4 is 5.32 Å². The van der Waals surface area contributed by atoms with Crippen LogP contribution in [0.4, 0.5) is 5.69 Å². The van der Waals surface area contributed by atoms with Gasteiger partial charge in [-0.15, -0.1) is 0 Å². The molecule has 0 radical (unpaired) electrons. The summed E-state index contributed by atoms with van der Waals surface area (Å²) in [5, 5.41) is 2.85. The second-order valence-electron chi connectivity index (χ2n) is 6.17. The highest BCUT2D eigenvalue weighted by molar-refractivity contribution is 5.95. The van der Waals surface area contributed by atoms with Crippen LogP contribution in [0.25, 0.3) is 11.4 Å². The van der Waals surface area contributed by atoms with Gasteiger partial charge in [0.25, 0.3) is 0 Å². The van der Waals surface area contributed by atoms with Gasteiger partial charge in [0.15, 0.2) is 0 Å². The summed E-state index contributed by atoms with van der Waals surface area (Å²) in [6.45, 7) is 2.94. The molecule has 0 aliphatic carbocycles. The molecular formula is C19H22N4O3. The summed E-state index contributed by atoms with van der Waals surface area (Å²) in [5.41, 5.74) is 1.97. The monoisotopic (exact) mass is 354 g/mol. The fraction of sp³-hybridized carbons (Fsp3) is 0.368. The number of amides is 1. The molecule has 2 aromatic rings. The second kappa shape index (κ2) is 8.53. The fourth-order valence-corrected chi connectivity index (χ4v) is 2.98. The van der Waals surface area contributed by atoms with E-state index in [4.69, 9.17) is 4.74 Å². The average molecular weight is 354 g/mol. The number of carbonyl (C=O) groups excluding carboxylic acids is 2. The summed E-state index contributed by atoms with van der Waals surface area (Å²) in [5.74, 6) is -0.492. The van der Waals surface area contributed by atoms with Crippen LogP contribution in [0.1, 0.15) is 29.6 Å². The Bertz CT molecular complexity index is 771. The highest BCUT2D eigenvalue weighted by Crippen LogP contribution is 2.21. The predicted molar refractivity (Wildman–Crippen MR) is 97.7 cm³/mol. The van der Waals surface area contributed by atoms with Crippen LogP contribution in [0.2, 0.25) is 0 Å². The normalized spacial score (nSPS) is 14.2. The molecule has 1 aliphatic heterocycles. The lowest BCUT2D eigenvalue weighted by atomic mass is 10.1. The average Bonchev–Trinajstić information content (AvgIpc) is 3.20. The van der Waals surface area contributed by atoms with Gasteiger partial charge < -0.3 is 15.0 Å². The van der Waals surface area contributed by atoms with Gasteiger partial charge in [0, 0.05) is 19.2 Å². The van der Waals surface area contributed by atoms with E-state index in [1.165, 1.54) is 20.0 Å². The van der Waals surface area contributed by atoms with Crippen molar-refractivity contribution in [2.24, 2.45) is 0 Å². The molecule has 0 unspecified atom stereocenters. The maximum absolute atomic E-state index is 12.1. The van der Waals surface area contributed by atoms with Crippen molar-refractivity contribution in [3.63, 3.8) is 0 Å². The number of anilines is 1. The molecule has 0 saturated carbocycles. The van der Waals surface area contributed by atoms with E-state index in [1.807, 2.05) is 0 Å². The van der Waals surface area contributed by atoms with Crippen molar-refractivity contribution >= 4 is 17.6 Å². The van der Waals surface area contributed by atoms with Gasteiger partial charge in [-0.05, 0) is 50.2 Å². The van der Waals surface area contributed by atoms with Crippen molar-refractivity contribution in [2.45, 2.75) is 19.3 Å². The Kier molecular flexibility index (Phi) is 5.91. The molecular weight excluding hydrogens is 332 g/mol. The van der Waals surface area contributed by atoms with Crippen molar-refractivity contribution in [1.82, 2.24) is 14.9 Å². The first-order valence-electron chi connectivity index (χ1n) is 8.69. The number of nitrogens with one attached hydrogen (secondary N) is 1. The van der Waals surface area contributed by atoms with Crippen LogP contribution in [0, 0.1) is 0 Å². The number of carbonyl (C=O) groups is 2. The topological polar surface area (TPSA) is 84.4 Å². The lowest BCUT2D eigenvalue weighted by molar-refractivity contribution is -0.116. The van der Waals surface area contributed by atoms with Gasteiger partial charge in [-0.3, -0.25) is 14.8 Å². The summed E-state index contributed by atoms with van der Waals surface area (Å²) in [6, 6.07) is 6.80. The van der Waals surface area contributed by atoms with Gasteiger partial charge in [-0.25, -0.2) is 4.79 Å². The van der Waals surface area contributed by atoms with E-state index in [9.17, 15) is 9.59 Å². The fourth-order valence-electron chi connectivity index (χ4n) is 2.98. The van der Waals surface area contributed by atoms with Gasteiger partial charge in [-0.1, -0.05) is 0 Å². The van der Waals surface area contributed by atoms with E-state index >= 15 is 0 Å². The Morgan fingerprint density at radius 2 is 2.00 bits per heavy atom. The standard InChI is InChI=1S/C19H22N4O3/c1-26-19(25)15-5-4-9-20-18(15)16-7-6-14(13-21-16)22-17(24)8-12-23-10-2-3-11-23/h4-7,9,13H,2-3,8,10-12H2,1H3,(H,22,24). The second-order valence-corrected chi connectivity index (χ2v) is 6.17. The van der Waals surface area contributed by atoms with Gasteiger partial charge in [0.05, 0.1) is 30.3 Å². The molecule has 0 spiro atoms. The number of esters is 1. The molecule has 3 rings (SSSR count). The minimum absolute atomic E-state index is 0.0282. The summed E-state index contributed by atoms with van der Waals surface area (Å²) in [6.07, 6.45) is 6.06. The third kappa shape index (κ3) is 4.43. The molecule has 26 heavy (non-hydrogen) atoms. The Labute approximate surface area is 152 Å². The molecule has 1 saturated heterocycles. The number of hydrogen-bond donors (Lipinski definition) is 1. The molecule has 1 amide bonds. The van der Waals surface area contributed by atoms with Crippen LogP contribution in [0.5, 0.6) is 0 Å². The number of methoxy groups -OCH3 is 1. The number of hydrogen-bond acceptors (Lipinski definition) is 6. The highest BCUT2D eigenvalue weighted by Gasteiger charge is 2.16. The Morgan fingerprint density at radius 3 is 2.69 bits per heavy atom. The van der Waals surface area contributed by atoms with Crippen molar-refractivity contribution in [3.8, 4) is 11.4 Å².